The molecule has 5 heteroatoms. The van der Waals surface area contributed by atoms with E-state index in [1.807, 2.05) is 37.4 Å². The number of benzene rings is 2. The highest BCUT2D eigenvalue weighted by atomic mass is 19.1. The summed E-state index contributed by atoms with van der Waals surface area (Å²) in [5, 5.41) is 0. The number of fused-ring (bicyclic) bond motifs is 1. The number of hydrogen-bond acceptors (Lipinski definition) is 3. The van der Waals surface area contributed by atoms with Gasteiger partial charge in [0.25, 0.3) is 0 Å². The van der Waals surface area contributed by atoms with Crippen molar-refractivity contribution in [1.29, 1.82) is 0 Å². The van der Waals surface area contributed by atoms with Gasteiger partial charge in [-0.3, -0.25) is 9.88 Å². The van der Waals surface area contributed by atoms with Gasteiger partial charge in [0.1, 0.15) is 11.5 Å². The summed E-state index contributed by atoms with van der Waals surface area (Å²) in [6.07, 6.45) is 11.3. The maximum atomic E-state index is 15.4. The molecule has 0 amide bonds. The number of aromatic nitrogens is 1. The third kappa shape index (κ3) is 5.15. The number of allylic oxidation sites excluding steroid dienone is 1. The largest absolute Gasteiger partial charge is 0.287 e. The van der Waals surface area contributed by atoms with Crippen LogP contribution in [-0.4, -0.2) is 33.9 Å². The van der Waals surface area contributed by atoms with E-state index >= 15 is 8.78 Å². The zero-order valence-corrected chi connectivity index (χ0v) is 22.1. The molecule has 0 aliphatic carbocycles. The van der Waals surface area contributed by atoms with Crippen molar-refractivity contribution < 1.29 is 8.78 Å². The monoisotopic (exact) mass is 499 g/mol. The predicted molar refractivity (Wildman–Crippen MR) is 148 cm³/mol. The first-order valence-corrected chi connectivity index (χ1v) is 13.3. The molecule has 0 radical (unpaired) electrons. The van der Waals surface area contributed by atoms with Crippen molar-refractivity contribution >= 4 is 11.4 Å². The number of aryl methyl sites for hydroxylation is 2. The summed E-state index contributed by atoms with van der Waals surface area (Å²) in [5.41, 5.74) is 5.88. The second-order valence-electron chi connectivity index (χ2n) is 10.8. The first-order valence-electron chi connectivity index (χ1n) is 13.3. The second-order valence-corrected chi connectivity index (χ2v) is 10.8. The lowest BCUT2D eigenvalue weighted by atomic mass is 9.90. The summed E-state index contributed by atoms with van der Waals surface area (Å²) in [4.78, 5) is 11.8. The van der Waals surface area contributed by atoms with Crippen molar-refractivity contribution in [2.75, 3.05) is 6.54 Å². The number of nitrogens with zero attached hydrogens (tertiary/aromatic N) is 3. The minimum Gasteiger partial charge on any atom is -0.287 e. The number of hydrogen-bond donors (Lipinski definition) is 0. The highest BCUT2D eigenvalue weighted by molar-refractivity contribution is 6.10. The average molecular weight is 500 g/mol. The molecule has 2 aliphatic heterocycles. The van der Waals surface area contributed by atoms with Crippen LogP contribution in [0.15, 0.2) is 72.0 Å². The molecule has 192 valence electrons. The molecule has 2 aromatic carbocycles. The fourth-order valence-corrected chi connectivity index (χ4v) is 5.82. The standard InChI is InChI=1S/C32H35F2N3/c1-5-8-22-18-24(25-17-21(2)11-12-27(25)33)19-26-29(37-16-7-10-30(37)32(3,4)34)14-13-28(36-31(22)26)23-9-6-15-35-20-23/h6,9,11-15,17-20,29-30H,5,7-8,10,16H2,1-4H3. The Hall–Kier alpha value is -3.18. The Morgan fingerprint density at radius 2 is 1.95 bits per heavy atom. The van der Waals surface area contributed by atoms with Crippen molar-refractivity contribution in [2.45, 2.75) is 71.1 Å². The van der Waals surface area contributed by atoms with Crippen molar-refractivity contribution in [3.8, 4) is 11.1 Å². The number of rotatable bonds is 6. The van der Waals surface area contributed by atoms with Gasteiger partial charge < -0.3 is 0 Å². The molecule has 0 spiro atoms. The number of likely N-dealkylation sites (tertiary alicyclic amines) is 1. The van der Waals surface area contributed by atoms with Crippen molar-refractivity contribution in [3.05, 3.63) is 95.1 Å². The molecule has 0 saturated carbocycles. The van der Waals surface area contributed by atoms with E-state index in [2.05, 4.69) is 35.0 Å². The Morgan fingerprint density at radius 3 is 2.68 bits per heavy atom. The SMILES string of the molecule is CCCc1cc(-c2cc(C)ccc2F)cc2c1N=C(c1cccnc1)C=CC2N1CCCC1C(C)(C)F. The molecule has 37 heavy (non-hydrogen) atoms. The van der Waals surface area contributed by atoms with Crippen molar-refractivity contribution in [2.24, 2.45) is 4.99 Å². The van der Waals surface area contributed by atoms with Gasteiger partial charge in [0, 0.05) is 29.6 Å². The summed E-state index contributed by atoms with van der Waals surface area (Å²) in [7, 11) is 0. The van der Waals surface area contributed by atoms with Gasteiger partial charge in [-0.2, -0.15) is 0 Å². The van der Waals surface area contributed by atoms with Gasteiger partial charge in [0.05, 0.1) is 17.4 Å². The molecular weight excluding hydrogens is 464 g/mol. The Labute approximate surface area is 219 Å². The quantitative estimate of drug-likeness (QED) is 0.343. The highest BCUT2D eigenvalue weighted by Crippen LogP contribution is 2.44. The molecule has 3 aromatic rings. The van der Waals surface area contributed by atoms with E-state index in [0.717, 1.165) is 71.4 Å². The summed E-state index contributed by atoms with van der Waals surface area (Å²) in [5.74, 6) is -0.239. The zero-order chi connectivity index (χ0) is 26.2. The third-order valence-corrected chi connectivity index (χ3v) is 7.56. The van der Waals surface area contributed by atoms with Crippen LogP contribution >= 0.6 is 0 Å². The van der Waals surface area contributed by atoms with Crippen LogP contribution in [0.5, 0.6) is 0 Å². The predicted octanol–water partition coefficient (Wildman–Crippen LogP) is 8.09. The lowest BCUT2D eigenvalue weighted by molar-refractivity contribution is 0.0630. The van der Waals surface area contributed by atoms with Crippen LogP contribution in [0.25, 0.3) is 11.1 Å². The second kappa shape index (κ2) is 10.3. The minimum atomic E-state index is -1.34. The lowest BCUT2D eigenvalue weighted by Gasteiger charge is -2.37. The first kappa shape index (κ1) is 25.5. The Bertz CT molecular complexity index is 1340. The minimum absolute atomic E-state index is 0.168. The summed E-state index contributed by atoms with van der Waals surface area (Å²) >= 11 is 0. The molecule has 2 unspecified atom stereocenters. The molecule has 1 fully saturated rings. The van der Waals surface area contributed by atoms with Crippen LogP contribution < -0.4 is 0 Å². The third-order valence-electron chi connectivity index (χ3n) is 7.56. The number of alkyl halides is 1. The van der Waals surface area contributed by atoms with Gasteiger partial charge in [-0.1, -0.05) is 31.1 Å². The van der Waals surface area contributed by atoms with Gasteiger partial charge in [-0.05, 0) is 106 Å². The van der Waals surface area contributed by atoms with Crippen LogP contribution in [0.1, 0.15) is 68.3 Å². The smallest absolute Gasteiger partial charge is 0.131 e. The molecule has 1 aromatic heterocycles. The summed E-state index contributed by atoms with van der Waals surface area (Å²) in [6.45, 7) is 8.28. The van der Waals surface area contributed by atoms with Crippen LogP contribution in [-0.2, 0) is 6.42 Å². The summed E-state index contributed by atoms with van der Waals surface area (Å²) < 4.78 is 30.5. The molecular formula is C32H35F2N3. The zero-order valence-electron chi connectivity index (χ0n) is 22.1. The molecule has 3 heterocycles. The molecule has 0 N–H and O–H groups in total. The maximum absolute atomic E-state index is 15.4. The van der Waals surface area contributed by atoms with Gasteiger partial charge in [-0.25, -0.2) is 13.8 Å². The molecule has 5 rings (SSSR count). The molecule has 2 atom stereocenters. The van der Waals surface area contributed by atoms with Gasteiger partial charge in [-0.15, -0.1) is 0 Å². The summed E-state index contributed by atoms with van der Waals surface area (Å²) in [6, 6.07) is 13.0. The Balaban J connectivity index is 1.75. The Kier molecular flexibility index (Phi) is 7.09. The average Bonchev–Trinajstić information content (AvgIpc) is 3.29. The van der Waals surface area contributed by atoms with Gasteiger partial charge >= 0.3 is 0 Å². The van der Waals surface area contributed by atoms with E-state index in [4.69, 9.17) is 4.99 Å². The van der Waals surface area contributed by atoms with Crippen LogP contribution in [0, 0.1) is 12.7 Å². The number of pyridine rings is 1. The van der Waals surface area contributed by atoms with Gasteiger partial charge in [0.15, 0.2) is 0 Å². The number of aliphatic imine (C=N–C) groups is 1. The topological polar surface area (TPSA) is 28.5 Å². The van der Waals surface area contributed by atoms with Gasteiger partial charge in [0.2, 0.25) is 0 Å². The van der Waals surface area contributed by atoms with E-state index in [0.29, 0.717) is 5.56 Å². The molecule has 0 bridgehead atoms. The van der Waals surface area contributed by atoms with Crippen molar-refractivity contribution in [3.63, 3.8) is 0 Å². The van der Waals surface area contributed by atoms with E-state index in [1.165, 1.54) is 6.07 Å². The van der Waals surface area contributed by atoms with E-state index in [9.17, 15) is 0 Å². The number of halogens is 2. The Morgan fingerprint density at radius 1 is 1.11 bits per heavy atom. The van der Waals surface area contributed by atoms with Crippen LogP contribution in [0.2, 0.25) is 0 Å². The van der Waals surface area contributed by atoms with Crippen molar-refractivity contribution in [1.82, 2.24) is 9.88 Å². The fraction of sp³-hybridized carbons (Fsp3) is 0.375. The molecule has 3 nitrogen and oxygen atoms in total. The molecule has 1 saturated heterocycles. The van der Waals surface area contributed by atoms with E-state index < -0.39 is 5.67 Å². The fourth-order valence-electron chi connectivity index (χ4n) is 5.82. The van der Waals surface area contributed by atoms with E-state index in [-0.39, 0.29) is 17.9 Å². The van der Waals surface area contributed by atoms with E-state index in [1.54, 1.807) is 26.1 Å². The molecule has 2 aliphatic rings. The van der Waals surface area contributed by atoms with Crippen LogP contribution in [0.4, 0.5) is 14.5 Å². The maximum Gasteiger partial charge on any atom is 0.131 e. The normalized spacial score (nSPS) is 20.0. The first-order chi connectivity index (χ1) is 17.8. The highest BCUT2D eigenvalue weighted by Gasteiger charge is 2.41. The lowest BCUT2D eigenvalue weighted by Crippen LogP contribution is -2.44. The van der Waals surface area contributed by atoms with Crippen LogP contribution in [0.3, 0.4) is 0 Å².